The monoisotopic (exact) mass is 151 g/mol. The van der Waals surface area contributed by atoms with E-state index in [-0.39, 0.29) is 62.5 Å². The van der Waals surface area contributed by atoms with Gasteiger partial charge in [0, 0.05) is 63.5 Å². The van der Waals surface area contributed by atoms with E-state index in [0.717, 1.165) is 0 Å². The SMILES string of the molecule is O=c1ccc(=O)[nH][nH]1.[K]. The second-order valence-corrected chi connectivity index (χ2v) is 1.31. The normalized spacial score (nSPS) is 8.00. The molecule has 9 heavy (non-hydrogen) atoms. The molecule has 1 heterocycles. The maximum atomic E-state index is 10.2. The first-order valence-corrected chi connectivity index (χ1v) is 2.07. The molecule has 1 aromatic heterocycles. The Balaban J connectivity index is 0.000000640. The van der Waals surface area contributed by atoms with Crippen LogP contribution in [0.1, 0.15) is 0 Å². The quantitative estimate of drug-likeness (QED) is 0.452. The molecule has 0 aliphatic rings. The largest absolute Gasteiger partial charge is 0.268 e. The number of rotatable bonds is 0. The zero-order valence-electron chi connectivity index (χ0n) is 4.97. The van der Waals surface area contributed by atoms with Crippen molar-refractivity contribution in [2.45, 2.75) is 0 Å². The topological polar surface area (TPSA) is 65.7 Å². The fourth-order valence-electron chi connectivity index (χ4n) is 0.358. The fraction of sp³-hybridized carbons (Fsp3) is 0. The Labute approximate surface area is 93.1 Å². The number of aromatic amines is 2. The van der Waals surface area contributed by atoms with Crippen LogP contribution in [0.5, 0.6) is 0 Å². The second-order valence-electron chi connectivity index (χ2n) is 1.31. The van der Waals surface area contributed by atoms with Crippen LogP contribution >= 0.6 is 0 Å². The molecule has 0 saturated heterocycles. The summed E-state index contributed by atoms with van der Waals surface area (Å²) in [5.74, 6) is 0. The van der Waals surface area contributed by atoms with Crippen LogP contribution in [0.4, 0.5) is 0 Å². The van der Waals surface area contributed by atoms with Crippen molar-refractivity contribution in [1.29, 1.82) is 0 Å². The third kappa shape index (κ3) is 3.12. The van der Waals surface area contributed by atoms with Gasteiger partial charge < -0.3 is 0 Å². The average Bonchev–Trinajstić information content (AvgIpc) is 1.77. The molecule has 0 saturated carbocycles. The van der Waals surface area contributed by atoms with Crippen LogP contribution in [-0.4, -0.2) is 61.6 Å². The van der Waals surface area contributed by atoms with Crippen molar-refractivity contribution < 1.29 is 0 Å². The van der Waals surface area contributed by atoms with Crippen molar-refractivity contribution in [2.75, 3.05) is 0 Å². The van der Waals surface area contributed by atoms with E-state index in [1.165, 1.54) is 12.1 Å². The molecule has 0 atom stereocenters. The van der Waals surface area contributed by atoms with Crippen LogP contribution < -0.4 is 11.1 Å². The molecule has 0 fully saturated rings. The molecular formula is C4H4KN2O2. The summed E-state index contributed by atoms with van der Waals surface area (Å²) in [6.45, 7) is 0. The third-order valence-electron chi connectivity index (χ3n) is 0.695. The van der Waals surface area contributed by atoms with E-state index in [0.29, 0.717) is 0 Å². The van der Waals surface area contributed by atoms with E-state index in [1.807, 2.05) is 0 Å². The van der Waals surface area contributed by atoms with Gasteiger partial charge in [0.05, 0.1) is 0 Å². The van der Waals surface area contributed by atoms with E-state index in [4.69, 9.17) is 0 Å². The van der Waals surface area contributed by atoms with Gasteiger partial charge in [-0.2, -0.15) is 0 Å². The van der Waals surface area contributed by atoms with E-state index >= 15 is 0 Å². The Morgan fingerprint density at radius 3 is 1.56 bits per heavy atom. The van der Waals surface area contributed by atoms with Gasteiger partial charge in [0.25, 0.3) is 11.1 Å². The zero-order valence-corrected chi connectivity index (χ0v) is 8.09. The Hall–Kier alpha value is 0.316. The molecule has 1 rings (SSSR count). The minimum atomic E-state index is -0.301. The van der Waals surface area contributed by atoms with Crippen molar-refractivity contribution in [2.24, 2.45) is 0 Å². The van der Waals surface area contributed by atoms with E-state index in [1.54, 1.807) is 0 Å². The Morgan fingerprint density at radius 1 is 1.00 bits per heavy atom. The van der Waals surface area contributed by atoms with Gasteiger partial charge in [-0.05, 0) is 0 Å². The Morgan fingerprint density at radius 2 is 1.33 bits per heavy atom. The molecule has 1 aromatic rings. The molecule has 4 nitrogen and oxygen atoms in total. The van der Waals surface area contributed by atoms with E-state index < -0.39 is 0 Å². The minimum Gasteiger partial charge on any atom is -0.268 e. The first-order chi connectivity index (χ1) is 3.79. The van der Waals surface area contributed by atoms with Crippen molar-refractivity contribution in [3.63, 3.8) is 0 Å². The molecule has 5 heteroatoms. The molecule has 0 spiro atoms. The molecule has 0 amide bonds. The van der Waals surface area contributed by atoms with E-state index in [2.05, 4.69) is 10.2 Å². The number of nitrogens with one attached hydrogen (secondary N) is 2. The summed E-state index contributed by atoms with van der Waals surface area (Å²) in [5, 5.41) is 4.21. The number of H-pyrrole nitrogens is 2. The maximum absolute atomic E-state index is 10.2. The summed E-state index contributed by atoms with van der Waals surface area (Å²) in [6, 6.07) is 2.33. The summed E-state index contributed by atoms with van der Waals surface area (Å²) >= 11 is 0. The van der Waals surface area contributed by atoms with Gasteiger partial charge in [-0.1, -0.05) is 0 Å². The van der Waals surface area contributed by atoms with Crippen LogP contribution in [0.25, 0.3) is 0 Å². The first-order valence-electron chi connectivity index (χ1n) is 2.07. The van der Waals surface area contributed by atoms with Crippen molar-refractivity contribution in [3.8, 4) is 0 Å². The Kier molecular flexibility index (Phi) is 4.33. The van der Waals surface area contributed by atoms with Crippen molar-refractivity contribution in [3.05, 3.63) is 32.8 Å². The summed E-state index contributed by atoms with van der Waals surface area (Å²) < 4.78 is 0. The fourth-order valence-corrected chi connectivity index (χ4v) is 0.358. The van der Waals surface area contributed by atoms with Gasteiger partial charge in [0.15, 0.2) is 0 Å². The predicted octanol–water partition coefficient (Wildman–Crippen LogP) is -1.32. The summed E-state index contributed by atoms with van der Waals surface area (Å²) in [4.78, 5) is 20.4. The van der Waals surface area contributed by atoms with Gasteiger partial charge >= 0.3 is 0 Å². The third-order valence-corrected chi connectivity index (χ3v) is 0.695. The molecule has 43 valence electrons. The molecule has 0 aliphatic carbocycles. The molecule has 0 aromatic carbocycles. The molecular weight excluding hydrogens is 147 g/mol. The molecule has 0 unspecified atom stereocenters. The van der Waals surface area contributed by atoms with Gasteiger partial charge in [-0.15, -0.1) is 0 Å². The second kappa shape index (κ2) is 4.18. The van der Waals surface area contributed by atoms with Crippen LogP contribution in [0, 0.1) is 0 Å². The summed E-state index contributed by atoms with van der Waals surface area (Å²) in [5.41, 5.74) is -0.603. The van der Waals surface area contributed by atoms with Gasteiger partial charge in [0.1, 0.15) is 0 Å². The molecule has 2 N–H and O–H groups in total. The van der Waals surface area contributed by atoms with Crippen LogP contribution in [0.3, 0.4) is 0 Å². The Bertz CT molecular complexity index is 224. The average molecular weight is 151 g/mol. The van der Waals surface area contributed by atoms with E-state index in [9.17, 15) is 9.59 Å². The first kappa shape index (κ1) is 9.32. The standard InChI is InChI=1S/C4H4N2O2.K/c7-3-1-2-4(8)6-5-3;/h1-2H,(H,5,7)(H,6,8);. The predicted molar refractivity (Wildman–Crippen MR) is 33.4 cm³/mol. The van der Waals surface area contributed by atoms with Gasteiger partial charge in [-0.3, -0.25) is 19.8 Å². The van der Waals surface area contributed by atoms with Crippen molar-refractivity contribution in [1.82, 2.24) is 10.2 Å². The van der Waals surface area contributed by atoms with Gasteiger partial charge in [0.2, 0.25) is 0 Å². The zero-order chi connectivity index (χ0) is 5.98. The summed E-state index contributed by atoms with van der Waals surface area (Å²) in [7, 11) is 0. The van der Waals surface area contributed by atoms with Crippen LogP contribution in [0.2, 0.25) is 0 Å². The number of hydrogen-bond acceptors (Lipinski definition) is 2. The number of hydrogen-bond donors (Lipinski definition) is 2. The minimum absolute atomic E-state index is 0. The van der Waals surface area contributed by atoms with Crippen LogP contribution in [-0.2, 0) is 0 Å². The molecule has 0 aliphatic heterocycles. The molecule has 0 bridgehead atoms. The van der Waals surface area contributed by atoms with Crippen molar-refractivity contribution >= 4 is 51.4 Å². The smallest absolute Gasteiger partial charge is 0.262 e. The van der Waals surface area contributed by atoms with Crippen LogP contribution in [0.15, 0.2) is 21.7 Å². The number of aromatic nitrogens is 2. The van der Waals surface area contributed by atoms with Gasteiger partial charge in [-0.25, -0.2) is 0 Å². The maximum Gasteiger partial charge on any atom is 0.262 e. The molecule has 1 radical (unpaired) electrons. The summed E-state index contributed by atoms with van der Waals surface area (Å²) in [6.07, 6.45) is 0.